The van der Waals surface area contributed by atoms with Crippen molar-refractivity contribution in [3.63, 3.8) is 0 Å². The first kappa shape index (κ1) is 12.3. The third kappa shape index (κ3) is 2.50. The molecule has 1 heterocycles. The van der Waals surface area contributed by atoms with Crippen LogP contribution in [0.4, 0.5) is 0 Å². The van der Waals surface area contributed by atoms with Gasteiger partial charge >= 0.3 is 0 Å². The van der Waals surface area contributed by atoms with Crippen molar-refractivity contribution in [2.24, 2.45) is 5.92 Å². The summed E-state index contributed by atoms with van der Waals surface area (Å²) in [6, 6.07) is 8.08. The second kappa shape index (κ2) is 4.72. The summed E-state index contributed by atoms with van der Waals surface area (Å²) in [5.74, 6) is 1.04. The number of rotatable bonds is 2. The van der Waals surface area contributed by atoms with Gasteiger partial charge in [-0.3, -0.25) is 4.79 Å². The van der Waals surface area contributed by atoms with Crippen LogP contribution in [0, 0.1) is 12.8 Å². The highest BCUT2D eigenvalue weighted by atomic mass is 16.3. The average molecular weight is 257 g/mol. The van der Waals surface area contributed by atoms with Crippen molar-refractivity contribution in [3.8, 4) is 0 Å². The minimum atomic E-state index is -0.0899. The van der Waals surface area contributed by atoms with E-state index in [1.54, 1.807) is 0 Å². The molecule has 0 radical (unpaired) electrons. The quantitative estimate of drug-likeness (QED) is 0.892. The van der Waals surface area contributed by atoms with E-state index in [-0.39, 0.29) is 5.91 Å². The van der Waals surface area contributed by atoms with Crippen LogP contribution < -0.4 is 5.32 Å². The molecule has 1 fully saturated rings. The number of carbonyl (C=O) groups excluding carboxylic acids is 1. The van der Waals surface area contributed by atoms with Gasteiger partial charge in [-0.05, 0) is 50.3 Å². The summed E-state index contributed by atoms with van der Waals surface area (Å²) in [6.07, 6.45) is 3.35. The minimum absolute atomic E-state index is 0.0899. The van der Waals surface area contributed by atoms with Gasteiger partial charge in [0.05, 0.1) is 0 Å². The van der Waals surface area contributed by atoms with Crippen molar-refractivity contribution < 1.29 is 9.21 Å². The fourth-order valence-corrected chi connectivity index (χ4v) is 2.87. The van der Waals surface area contributed by atoms with Crippen LogP contribution in [0.2, 0.25) is 0 Å². The molecule has 0 aliphatic heterocycles. The molecule has 3 heteroatoms. The van der Waals surface area contributed by atoms with Crippen LogP contribution in [0.15, 0.2) is 28.7 Å². The lowest BCUT2D eigenvalue weighted by Crippen LogP contribution is -2.32. The summed E-state index contributed by atoms with van der Waals surface area (Å²) < 4.78 is 5.61. The van der Waals surface area contributed by atoms with E-state index in [2.05, 4.69) is 12.2 Å². The molecule has 2 atom stereocenters. The number of hydrogen-bond donors (Lipinski definition) is 1. The van der Waals surface area contributed by atoms with E-state index in [9.17, 15) is 4.79 Å². The summed E-state index contributed by atoms with van der Waals surface area (Å²) in [5, 5.41) is 4.06. The maximum Gasteiger partial charge on any atom is 0.287 e. The maximum absolute atomic E-state index is 12.2. The van der Waals surface area contributed by atoms with E-state index in [1.165, 1.54) is 12.0 Å². The molecule has 3 rings (SSSR count). The van der Waals surface area contributed by atoms with Gasteiger partial charge < -0.3 is 9.73 Å². The molecule has 1 aliphatic carbocycles. The molecule has 2 unspecified atom stereocenters. The first-order valence-corrected chi connectivity index (χ1v) is 6.93. The van der Waals surface area contributed by atoms with Gasteiger partial charge in [0.25, 0.3) is 5.91 Å². The standard InChI is InChI=1S/C16H19NO2/c1-10-4-6-14-12(7-10)9-15(19-14)16(18)17-13-5-3-11(2)8-13/h4,6-7,9,11,13H,3,5,8H2,1-2H3,(H,17,18). The fourth-order valence-electron chi connectivity index (χ4n) is 2.87. The van der Waals surface area contributed by atoms with Gasteiger partial charge in [-0.2, -0.15) is 0 Å². The SMILES string of the molecule is Cc1ccc2oc(C(=O)NC3CCC(C)C3)cc2c1. The van der Waals surface area contributed by atoms with Crippen LogP contribution in [0.3, 0.4) is 0 Å². The molecule has 0 saturated heterocycles. The van der Waals surface area contributed by atoms with Crippen molar-refractivity contribution in [3.05, 3.63) is 35.6 Å². The lowest BCUT2D eigenvalue weighted by Gasteiger charge is -2.10. The largest absolute Gasteiger partial charge is 0.451 e. The van der Waals surface area contributed by atoms with Crippen molar-refractivity contribution in [2.45, 2.75) is 39.2 Å². The van der Waals surface area contributed by atoms with Crippen LogP contribution in [0.25, 0.3) is 11.0 Å². The third-order valence-electron chi connectivity index (χ3n) is 3.93. The van der Waals surface area contributed by atoms with Crippen LogP contribution in [0.1, 0.15) is 42.3 Å². The van der Waals surface area contributed by atoms with Crippen molar-refractivity contribution >= 4 is 16.9 Å². The number of amides is 1. The number of benzene rings is 1. The number of nitrogens with one attached hydrogen (secondary N) is 1. The zero-order valence-electron chi connectivity index (χ0n) is 11.4. The van der Waals surface area contributed by atoms with Crippen LogP contribution in [0.5, 0.6) is 0 Å². The summed E-state index contributed by atoms with van der Waals surface area (Å²) in [5.41, 5.74) is 1.94. The first-order valence-electron chi connectivity index (χ1n) is 6.93. The Morgan fingerprint density at radius 1 is 1.32 bits per heavy atom. The summed E-state index contributed by atoms with van der Waals surface area (Å²) in [4.78, 5) is 12.2. The second-order valence-electron chi connectivity index (χ2n) is 5.74. The van der Waals surface area contributed by atoms with Crippen molar-refractivity contribution in [1.29, 1.82) is 0 Å². The van der Waals surface area contributed by atoms with E-state index in [0.29, 0.717) is 17.7 Å². The Morgan fingerprint density at radius 3 is 2.89 bits per heavy atom. The highest BCUT2D eigenvalue weighted by Gasteiger charge is 2.24. The third-order valence-corrected chi connectivity index (χ3v) is 3.93. The molecule has 1 N–H and O–H groups in total. The number of fused-ring (bicyclic) bond motifs is 1. The Labute approximate surface area is 113 Å². The Bertz CT molecular complexity index is 614. The van der Waals surface area contributed by atoms with E-state index < -0.39 is 0 Å². The Balaban J connectivity index is 1.78. The van der Waals surface area contributed by atoms with E-state index in [1.807, 2.05) is 31.2 Å². The summed E-state index contributed by atoms with van der Waals surface area (Å²) in [6.45, 7) is 4.27. The molecule has 0 spiro atoms. The molecule has 2 aromatic rings. The summed E-state index contributed by atoms with van der Waals surface area (Å²) >= 11 is 0. The normalized spacial score (nSPS) is 22.8. The molecule has 0 bridgehead atoms. The maximum atomic E-state index is 12.2. The zero-order valence-corrected chi connectivity index (χ0v) is 11.4. The monoisotopic (exact) mass is 257 g/mol. The summed E-state index contributed by atoms with van der Waals surface area (Å²) in [7, 11) is 0. The van der Waals surface area contributed by atoms with E-state index >= 15 is 0 Å². The zero-order chi connectivity index (χ0) is 13.4. The lowest BCUT2D eigenvalue weighted by molar-refractivity contribution is 0.0911. The molecule has 1 aliphatic rings. The number of hydrogen-bond acceptors (Lipinski definition) is 2. The van der Waals surface area contributed by atoms with E-state index in [4.69, 9.17) is 4.42 Å². The molecule has 100 valence electrons. The number of aryl methyl sites for hydroxylation is 1. The van der Waals surface area contributed by atoms with Gasteiger partial charge in [0.15, 0.2) is 5.76 Å². The van der Waals surface area contributed by atoms with Crippen LogP contribution in [-0.4, -0.2) is 11.9 Å². The molecule has 1 amide bonds. The number of furan rings is 1. The molecule has 3 nitrogen and oxygen atoms in total. The molecule has 1 aromatic carbocycles. The van der Waals surface area contributed by atoms with Crippen molar-refractivity contribution in [1.82, 2.24) is 5.32 Å². The smallest absolute Gasteiger partial charge is 0.287 e. The van der Waals surface area contributed by atoms with Crippen LogP contribution >= 0.6 is 0 Å². The van der Waals surface area contributed by atoms with Gasteiger partial charge in [0.2, 0.25) is 0 Å². The Kier molecular flexibility index (Phi) is 3.05. The van der Waals surface area contributed by atoms with Gasteiger partial charge in [-0.15, -0.1) is 0 Å². The van der Waals surface area contributed by atoms with Gasteiger partial charge in [-0.1, -0.05) is 18.6 Å². The van der Waals surface area contributed by atoms with Crippen molar-refractivity contribution in [2.75, 3.05) is 0 Å². The molecule has 1 saturated carbocycles. The molecule has 1 aromatic heterocycles. The van der Waals surface area contributed by atoms with Gasteiger partial charge in [0.1, 0.15) is 5.58 Å². The predicted octanol–water partition coefficient (Wildman–Crippen LogP) is 3.66. The molecular formula is C16H19NO2. The highest BCUT2D eigenvalue weighted by molar-refractivity contribution is 5.96. The first-order chi connectivity index (χ1) is 9.11. The van der Waals surface area contributed by atoms with Gasteiger partial charge in [0, 0.05) is 11.4 Å². The minimum Gasteiger partial charge on any atom is -0.451 e. The molecular weight excluding hydrogens is 238 g/mol. The van der Waals surface area contributed by atoms with E-state index in [0.717, 1.165) is 23.8 Å². The number of carbonyl (C=O) groups is 1. The average Bonchev–Trinajstić information content (AvgIpc) is 2.95. The topological polar surface area (TPSA) is 42.2 Å². The lowest BCUT2D eigenvalue weighted by atomic mass is 10.1. The fraction of sp³-hybridized carbons (Fsp3) is 0.438. The molecule has 19 heavy (non-hydrogen) atoms. The second-order valence-corrected chi connectivity index (χ2v) is 5.74. The highest BCUT2D eigenvalue weighted by Crippen LogP contribution is 2.25. The Morgan fingerprint density at radius 2 is 2.16 bits per heavy atom. The Hall–Kier alpha value is -1.77. The predicted molar refractivity (Wildman–Crippen MR) is 75.2 cm³/mol. The van der Waals surface area contributed by atoms with Gasteiger partial charge in [-0.25, -0.2) is 0 Å². The van der Waals surface area contributed by atoms with Crippen LogP contribution in [-0.2, 0) is 0 Å².